The van der Waals surface area contributed by atoms with E-state index in [0.717, 1.165) is 17.0 Å². The van der Waals surface area contributed by atoms with Gasteiger partial charge in [-0.15, -0.1) is 0 Å². The number of rotatable bonds is 3. The van der Waals surface area contributed by atoms with Gasteiger partial charge in [0.25, 0.3) is 5.69 Å². The number of nitrogens with one attached hydrogen (secondary N) is 2. The predicted molar refractivity (Wildman–Crippen MR) is 90.5 cm³/mol. The lowest BCUT2D eigenvalue weighted by Gasteiger charge is -1.96. The number of hydrogen-bond acceptors (Lipinski definition) is 4. The molecule has 0 atom stereocenters. The number of aryl methyl sites for hydroxylation is 1. The summed E-state index contributed by atoms with van der Waals surface area (Å²) in [5.41, 5.74) is 5.06. The van der Waals surface area contributed by atoms with Gasteiger partial charge >= 0.3 is 0 Å². The van der Waals surface area contributed by atoms with Crippen molar-refractivity contribution in [1.29, 1.82) is 0 Å². The summed E-state index contributed by atoms with van der Waals surface area (Å²) in [5.74, 6) is 0.594. The number of aromatic nitrogens is 4. The van der Waals surface area contributed by atoms with Gasteiger partial charge in [-0.2, -0.15) is 5.10 Å². The first kappa shape index (κ1) is 14.1. The number of hydrogen-bond donors (Lipinski definition) is 2. The summed E-state index contributed by atoms with van der Waals surface area (Å²) in [4.78, 5) is 18.0. The normalized spacial score (nSPS) is 11.0. The number of nitro benzene ring substituents is 1. The van der Waals surface area contributed by atoms with Gasteiger partial charge in [0.05, 0.1) is 21.7 Å². The molecule has 0 aliphatic rings. The van der Waals surface area contributed by atoms with Gasteiger partial charge in [-0.05, 0) is 19.1 Å². The molecule has 0 saturated carbocycles. The molecule has 0 spiro atoms. The molecule has 0 radical (unpaired) electrons. The molecule has 7 nitrogen and oxygen atoms in total. The third-order valence-corrected chi connectivity index (χ3v) is 3.86. The van der Waals surface area contributed by atoms with Gasteiger partial charge in [-0.1, -0.05) is 29.8 Å². The Hall–Kier alpha value is -3.48. The van der Waals surface area contributed by atoms with Crippen molar-refractivity contribution in [2.75, 3.05) is 0 Å². The molecule has 2 N–H and O–H groups in total. The molecule has 0 fully saturated rings. The van der Waals surface area contributed by atoms with E-state index in [-0.39, 0.29) is 5.69 Å². The van der Waals surface area contributed by atoms with Crippen molar-refractivity contribution in [3.05, 3.63) is 64.2 Å². The van der Waals surface area contributed by atoms with Gasteiger partial charge in [-0.3, -0.25) is 15.2 Å². The summed E-state index contributed by atoms with van der Waals surface area (Å²) in [5, 5.41) is 18.1. The first-order valence-corrected chi connectivity index (χ1v) is 7.37. The smallest absolute Gasteiger partial charge is 0.271 e. The van der Waals surface area contributed by atoms with Crippen LogP contribution in [0.3, 0.4) is 0 Å². The van der Waals surface area contributed by atoms with Gasteiger partial charge in [0.1, 0.15) is 5.69 Å². The zero-order valence-electron chi connectivity index (χ0n) is 12.8. The summed E-state index contributed by atoms with van der Waals surface area (Å²) >= 11 is 0. The molecule has 2 aromatic heterocycles. The van der Waals surface area contributed by atoms with E-state index in [1.165, 1.54) is 17.7 Å². The average Bonchev–Trinajstić information content (AvgIpc) is 3.21. The highest BCUT2D eigenvalue weighted by Crippen LogP contribution is 2.25. The highest BCUT2D eigenvalue weighted by atomic mass is 16.6. The van der Waals surface area contributed by atoms with Gasteiger partial charge < -0.3 is 4.98 Å². The highest BCUT2D eigenvalue weighted by Gasteiger charge is 2.12. The molecule has 0 saturated heterocycles. The number of imidazole rings is 1. The fraction of sp³-hybridized carbons (Fsp3) is 0.0588. The lowest BCUT2D eigenvalue weighted by Crippen LogP contribution is -1.86. The molecule has 0 aliphatic carbocycles. The Kier molecular flexibility index (Phi) is 3.13. The summed E-state index contributed by atoms with van der Waals surface area (Å²) < 4.78 is 0. The molecule has 2 aromatic carbocycles. The summed E-state index contributed by atoms with van der Waals surface area (Å²) in [7, 11) is 0. The molecule has 0 aliphatic heterocycles. The number of nitrogens with zero attached hydrogens (tertiary/aromatic N) is 3. The lowest BCUT2D eigenvalue weighted by molar-refractivity contribution is -0.384. The minimum atomic E-state index is -0.425. The molecule has 0 amide bonds. The third kappa shape index (κ3) is 2.41. The Bertz CT molecular complexity index is 1050. The first-order chi connectivity index (χ1) is 11.6. The second-order valence-electron chi connectivity index (χ2n) is 5.58. The van der Waals surface area contributed by atoms with Crippen LogP contribution in [-0.4, -0.2) is 25.1 Å². The molecule has 4 rings (SSSR count). The van der Waals surface area contributed by atoms with E-state index in [2.05, 4.69) is 20.2 Å². The number of non-ortho nitro benzene ring substituents is 1. The van der Waals surface area contributed by atoms with E-state index >= 15 is 0 Å². The molecule has 7 heteroatoms. The fourth-order valence-corrected chi connectivity index (χ4v) is 2.55. The minimum Gasteiger partial charge on any atom is -0.336 e. The van der Waals surface area contributed by atoms with Gasteiger partial charge in [0, 0.05) is 17.7 Å². The summed E-state index contributed by atoms with van der Waals surface area (Å²) in [6, 6.07) is 14.5. The summed E-state index contributed by atoms with van der Waals surface area (Å²) in [6.45, 7) is 2.04. The Balaban J connectivity index is 1.72. The predicted octanol–water partition coefficient (Wildman–Crippen LogP) is 3.84. The van der Waals surface area contributed by atoms with Crippen LogP contribution in [0.5, 0.6) is 0 Å². The molecular formula is C17H13N5O2. The van der Waals surface area contributed by atoms with Gasteiger partial charge in [0.15, 0.2) is 5.82 Å². The van der Waals surface area contributed by atoms with Crippen molar-refractivity contribution in [3.8, 4) is 22.8 Å². The van der Waals surface area contributed by atoms with Crippen LogP contribution in [0.15, 0.2) is 48.5 Å². The maximum absolute atomic E-state index is 10.9. The van der Waals surface area contributed by atoms with Crippen molar-refractivity contribution in [2.24, 2.45) is 0 Å². The van der Waals surface area contributed by atoms with Crippen LogP contribution in [0.25, 0.3) is 33.8 Å². The molecule has 24 heavy (non-hydrogen) atoms. The second-order valence-corrected chi connectivity index (χ2v) is 5.58. The van der Waals surface area contributed by atoms with Crippen molar-refractivity contribution in [1.82, 2.24) is 20.2 Å². The van der Waals surface area contributed by atoms with Crippen LogP contribution >= 0.6 is 0 Å². The number of fused-ring (bicyclic) bond motifs is 1. The van der Waals surface area contributed by atoms with Crippen molar-refractivity contribution in [3.63, 3.8) is 0 Å². The Labute approximate surface area is 136 Å². The zero-order valence-corrected chi connectivity index (χ0v) is 12.8. The highest BCUT2D eigenvalue weighted by molar-refractivity contribution is 5.81. The van der Waals surface area contributed by atoms with E-state index in [4.69, 9.17) is 0 Å². The first-order valence-electron chi connectivity index (χ1n) is 7.37. The molecule has 0 unspecified atom stereocenters. The van der Waals surface area contributed by atoms with E-state index < -0.39 is 4.92 Å². The monoisotopic (exact) mass is 319 g/mol. The van der Waals surface area contributed by atoms with E-state index in [9.17, 15) is 10.1 Å². The number of aromatic amines is 2. The number of H-pyrrole nitrogens is 2. The average molecular weight is 319 g/mol. The van der Waals surface area contributed by atoms with Crippen LogP contribution < -0.4 is 0 Å². The number of benzene rings is 2. The van der Waals surface area contributed by atoms with Crippen LogP contribution in [0, 0.1) is 17.0 Å². The summed E-state index contributed by atoms with van der Waals surface area (Å²) in [6.07, 6.45) is 0. The third-order valence-electron chi connectivity index (χ3n) is 3.86. The van der Waals surface area contributed by atoms with E-state index in [1.54, 1.807) is 6.07 Å². The van der Waals surface area contributed by atoms with Crippen molar-refractivity contribution < 1.29 is 4.92 Å². The minimum absolute atomic E-state index is 0.0302. The number of nitro groups is 1. The van der Waals surface area contributed by atoms with E-state index in [0.29, 0.717) is 16.9 Å². The molecule has 2 heterocycles. The van der Waals surface area contributed by atoms with Gasteiger partial charge in [-0.25, -0.2) is 4.98 Å². The fourth-order valence-electron chi connectivity index (χ4n) is 2.55. The standard InChI is InChI=1S/C17H13N5O2/c1-10-2-4-11(5-3-10)14-9-16(21-20-14)17-18-13-7-6-12(22(23)24)8-15(13)19-17/h2-9H,1H3,(H,18,19)(H,20,21). The van der Waals surface area contributed by atoms with E-state index in [1.807, 2.05) is 37.3 Å². The maximum atomic E-state index is 10.9. The van der Waals surface area contributed by atoms with Crippen molar-refractivity contribution >= 4 is 16.7 Å². The Morgan fingerprint density at radius 1 is 1.08 bits per heavy atom. The Morgan fingerprint density at radius 3 is 2.62 bits per heavy atom. The van der Waals surface area contributed by atoms with Crippen LogP contribution in [0.2, 0.25) is 0 Å². The lowest BCUT2D eigenvalue weighted by atomic mass is 10.1. The van der Waals surface area contributed by atoms with Crippen LogP contribution in [0.4, 0.5) is 5.69 Å². The molecular weight excluding hydrogens is 306 g/mol. The molecule has 0 bridgehead atoms. The zero-order chi connectivity index (χ0) is 16.7. The Morgan fingerprint density at radius 2 is 1.88 bits per heavy atom. The quantitative estimate of drug-likeness (QED) is 0.442. The largest absolute Gasteiger partial charge is 0.336 e. The van der Waals surface area contributed by atoms with Gasteiger partial charge in [0.2, 0.25) is 0 Å². The maximum Gasteiger partial charge on any atom is 0.271 e. The van der Waals surface area contributed by atoms with Crippen LogP contribution in [0.1, 0.15) is 5.56 Å². The second kappa shape index (κ2) is 5.31. The van der Waals surface area contributed by atoms with Crippen LogP contribution in [-0.2, 0) is 0 Å². The molecule has 4 aromatic rings. The topological polar surface area (TPSA) is 100 Å². The SMILES string of the molecule is Cc1ccc(-c2cc(-c3nc4ccc([N+](=O)[O-])cc4[nH]3)[nH]n2)cc1. The molecule has 118 valence electrons. The van der Waals surface area contributed by atoms with Crippen molar-refractivity contribution in [2.45, 2.75) is 6.92 Å².